The van der Waals surface area contributed by atoms with Crippen molar-refractivity contribution in [2.45, 2.75) is 58.3 Å². The van der Waals surface area contributed by atoms with Gasteiger partial charge >= 0.3 is 5.97 Å². The Morgan fingerprint density at radius 1 is 1.07 bits per heavy atom. The van der Waals surface area contributed by atoms with Gasteiger partial charge in [0.05, 0.1) is 22.3 Å². The largest absolute Gasteiger partial charge is 0.478 e. The summed E-state index contributed by atoms with van der Waals surface area (Å²) >= 11 is 5.62. The quantitative estimate of drug-likeness (QED) is 0.521. The maximum atomic E-state index is 11.3. The molecule has 0 amide bonds. The van der Waals surface area contributed by atoms with Crippen LogP contribution in [0.3, 0.4) is 0 Å². The highest BCUT2D eigenvalue weighted by atomic mass is 32.1. The summed E-state index contributed by atoms with van der Waals surface area (Å²) in [5, 5.41) is 9.27. The molecule has 0 spiro atoms. The van der Waals surface area contributed by atoms with E-state index in [1.54, 1.807) is 12.1 Å². The predicted molar refractivity (Wildman–Crippen MR) is 115 cm³/mol. The fourth-order valence-corrected chi connectivity index (χ4v) is 4.74. The van der Waals surface area contributed by atoms with Crippen molar-refractivity contribution in [1.29, 1.82) is 0 Å². The number of nitrogens with one attached hydrogen (secondary N) is 1. The fourth-order valence-electron chi connectivity index (χ4n) is 4.44. The monoisotopic (exact) mass is 394 g/mol. The number of benzene rings is 2. The van der Waals surface area contributed by atoms with Crippen LogP contribution in [-0.4, -0.2) is 20.6 Å². The first-order chi connectivity index (χ1) is 13.0. The third kappa shape index (κ3) is 2.80. The van der Waals surface area contributed by atoms with E-state index < -0.39 is 5.97 Å². The number of aryl methyl sites for hydroxylation is 1. The second-order valence-corrected chi connectivity index (χ2v) is 9.64. The Balaban J connectivity index is 2.00. The van der Waals surface area contributed by atoms with Crippen molar-refractivity contribution in [3.63, 3.8) is 0 Å². The van der Waals surface area contributed by atoms with Crippen LogP contribution >= 0.6 is 12.2 Å². The highest BCUT2D eigenvalue weighted by Gasteiger charge is 2.37. The molecule has 0 radical (unpaired) electrons. The van der Waals surface area contributed by atoms with E-state index in [9.17, 15) is 9.90 Å². The molecule has 0 atom stereocenters. The molecular weight excluding hydrogens is 368 g/mol. The zero-order valence-electron chi connectivity index (χ0n) is 17.0. The van der Waals surface area contributed by atoms with Crippen LogP contribution in [0.1, 0.15) is 67.6 Å². The smallest absolute Gasteiger partial charge is 0.335 e. The van der Waals surface area contributed by atoms with Gasteiger partial charge in [-0.3, -0.25) is 4.57 Å². The minimum Gasteiger partial charge on any atom is -0.478 e. The number of rotatable bonds is 2. The molecule has 4 rings (SSSR count). The summed E-state index contributed by atoms with van der Waals surface area (Å²) in [6, 6.07) is 9.71. The first kappa shape index (κ1) is 18.9. The van der Waals surface area contributed by atoms with Crippen LogP contribution in [0.4, 0.5) is 0 Å². The second kappa shape index (κ2) is 6.05. The van der Waals surface area contributed by atoms with Crippen LogP contribution in [0, 0.1) is 11.7 Å². The Bertz CT molecular complexity index is 1180. The molecule has 0 saturated carbocycles. The van der Waals surface area contributed by atoms with Gasteiger partial charge in [0.15, 0.2) is 4.77 Å². The van der Waals surface area contributed by atoms with Gasteiger partial charge in [-0.15, -0.1) is 0 Å². The number of aromatic carboxylic acids is 1. The van der Waals surface area contributed by atoms with Gasteiger partial charge in [-0.25, -0.2) is 4.79 Å². The van der Waals surface area contributed by atoms with Gasteiger partial charge in [0.2, 0.25) is 0 Å². The summed E-state index contributed by atoms with van der Waals surface area (Å²) in [5.41, 5.74) is 7.18. The molecule has 2 aromatic carbocycles. The molecule has 0 unspecified atom stereocenters. The molecule has 4 nitrogen and oxygen atoms in total. The molecule has 146 valence electrons. The average Bonchev–Trinajstić information content (AvgIpc) is 2.93. The van der Waals surface area contributed by atoms with Crippen molar-refractivity contribution in [3.8, 4) is 5.69 Å². The summed E-state index contributed by atoms with van der Waals surface area (Å²) in [6.07, 6.45) is 2.33. The summed E-state index contributed by atoms with van der Waals surface area (Å²) < 4.78 is 2.61. The molecular formula is C23H26N2O2S. The molecule has 28 heavy (non-hydrogen) atoms. The number of carbonyl (C=O) groups is 1. The molecule has 1 aliphatic rings. The Kier molecular flexibility index (Phi) is 4.09. The van der Waals surface area contributed by atoms with Crippen molar-refractivity contribution in [2.24, 2.45) is 0 Å². The summed E-state index contributed by atoms with van der Waals surface area (Å²) in [6.45, 7) is 11.4. The van der Waals surface area contributed by atoms with E-state index in [1.807, 2.05) is 10.6 Å². The highest BCUT2D eigenvalue weighted by Crippen LogP contribution is 2.47. The van der Waals surface area contributed by atoms with E-state index >= 15 is 0 Å². The SMILES string of the molecule is Cc1cc2c(cc1-n1c(=S)[nH]c3cc(C(=O)O)ccc31)C(C)(C)CCC2(C)C. The number of carboxylic acids is 1. The molecule has 0 aliphatic heterocycles. The van der Waals surface area contributed by atoms with Crippen LogP contribution < -0.4 is 0 Å². The third-order valence-electron chi connectivity index (χ3n) is 6.34. The average molecular weight is 395 g/mol. The van der Waals surface area contributed by atoms with Gasteiger partial charge in [-0.2, -0.15) is 0 Å². The van der Waals surface area contributed by atoms with Crippen molar-refractivity contribution in [3.05, 3.63) is 57.4 Å². The van der Waals surface area contributed by atoms with Gasteiger partial charge < -0.3 is 10.1 Å². The van der Waals surface area contributed by atoms with Crippen LogP contribution in [0.5, 0.6) is 0 Å². The van der Waals surface area contributed by atoms with E-state index in [0.29, 0.717) is 4.77 Å². The van der Waals surface area contributed by atoms with Crippen molar-refractivity contribution >= 4 is 29.2 Å². The lowest BCUT2D eigenvalue weighted by Crippen LogP contribution is -2.34. The number of aromatic nitrogens is 2. The lowest BCUT2D eigenvalue weighted by Gasteiger charge is -2.42. The molecule has 1 aliphatic carbocycles. The Labute approximate surface area is 170 Å². The standard InChI is InChI=1S/C23H26N2O2S/c1-13-10-15-16(23(4,5)9-8-22(15,2)3)12-19(13)25-18-7-6-14(20(26)27)11-17(18)24-21(25)28/h6-7,10-12H,8-9H2,1-5H3,(H,24,28)(H,26,27). The summed E-state index contributed by atoms with van der Waals surface area (Å²) in [5.74, 6) is -0.942. The topological polar surface area (TPSA) is 58.0 Å². The normalized spacial score (nSPS) is 17.5. The molecule has 1 heterocycles. The van der Waals surface area contributed by atoms with E-state index in [0.717, 1.165) is 23.1 Å². The third-order valence-corrected chi connectivity index (χ3v) is 6.62. The van der Waals surface area contributed by atoms with E-state index in [4.69, 9.17) is 12.2 Å². The van der Waals surface area contributed by atoms with Crippen LogP contribution in [-0.2, 0) is 10.8 Å². The van der Waals surface area contributed by atoms with Gasteiger partial charge in [0.25, 0.3) is 0 Å². The van der Waals surface area contributed by atoms with Gasteiger partial charge in [-0.05, 0) is 83.8 Å². The number of H-pyrrole nitrogens is 1. The Morgan fingerprint density at radius 3 is 2.29 bits per heavy atom. The Morgan fingerprint density at radius 2 is 1.68 bits per heavy atom. The van der Waals surface area contributed by atoms with Gasteiger partial charge in [0.1, 0.15) is 0 Å². The number of fused-ring (bicyclic) bond motifs is 2. The number of hydrogen-bond donors (Lipinski definition) is 2. The predicted octanol–water partition coefficient (Wildman–Crippen LogP) is 6.04. The fraction of sp³-hybridized carbons (Fsp3) is 0.391. The van der Waals surface area contributed by atoms with Gasteiger partial charge in [0, 0.05) is 0 Å². The number of imidazole rings is 1. The second-order valence-electron chi connectivity index (χ2n) is 9.25. The molecule has 5 heteroatoms. The molecule has 3 aromatic rings. The Hall–Kier alpha value is -2.40. The zero-order chi connectivity index (χ0) is 20.4. The number of nitrogens with zero attached hydrogens (tertiary/aromatic N) is 1. The summed E-state index contributed by atoms with van der Waals surface area (Å²) in [7, 11) is 0. The highest BCUT2D eigenvalue weighted by molar-refractivity contribution is 7.71. The van der Waals surface area contributed by atoms with E-state index in [2.05, 4.69) is 51.7 Å². The minimum absolute atomic E-state index is 0.109. The number of carboxylic acid groups (broad SMARTS) is 1. The van der Waals surface area contributed by atoms with E-state index in [-0.39, 0.29) is 16.4 Å². The number of hydrogen-bond acceptors (Lipinski definition) is 2. The van der Waals surface area contributed by atoms with Crippen LogP contribution in [0.2, 0.25) is 0 Å². The molecule has 0 bridgehead atoms. The minimum atomic E-state index is -0.942. The van der Waals surface area contributed by atoms with Crippen molar-refractivity contribution in [2.75, 3.05) is 0 Å². The first-order valence-corrected chi connectivity index (χ1v) is 10.1. The maximum absolute atomic E-state index is 11.3. The molecule has 0 saturated heterocycles. The van der Waals surface area contributed by atoms with Crippen LogP contribution in [0.25, 0.3) is 16.7 Å². The van der Waals surface area contributed by atoms with Crippen molar-refractivity contribution in [1.82, 2.24) is 9.55 Å². The van der Waals surface area contributed by atoms with Crippen molar-refractivity contribution < 1.29 is 9.90 Å². The molecule has 2 N–H and O–H groups in total. The molecule has 1 aromatic heterocycles. The summed E-state index contributed by atoms with van der Waals surface area (Å²) in [4.78, 5) is 14.5. The van der Waals surface area contributed by atoms with Crippen LogP contribution in [0.15, 0.2) is 30.3 Å². The lowest BCUT2D eigenvalue weighted by molar-refractivity contribution is 0.0697. The number of aromatic amines is 1. The zero-order valence-corrected chi connectivity index (χ0v) is 17.8. The first-order valence-electron chi connectivity index (χ1n) is 9.65. The van der Waals surface area contributed by atoms with E-state index in [1.165, 1.54) is 23.1 Å². The molecule has 0 fully saturated rings. The lowest BCUT2D eigenvalue weighted by atomic mass is 9.63. The maximum Gasteiger partial charge on any atom is 0.335 e. The van der Waals surface area contributed by atoms with Gasteiger partial charge in [-0.1, -0.05) is 33.8 Å².